The van der Waals surface area contributed by atoms with E-state index in [-0.39, 0.29) is 36.6 Å². The van der Waals surface area contributed by atoms with Gasteiger partial charge in [0.15, 0.2) is 5.96 Å². The van der Waals surface area contributed by atoms with E-state index in [9.17, 15) is 13.6 Å². The van der Waals surface area contributed by atoms with E-state index in [1.54, 1.807) is 11.9 Å². The fourth-order valence-electron chi connectivity index (χ4n) is 3.34. The molecule has 0 aromatic heterocycles. The van der Waals surface area contributed by atoms with Crippen molar-refractivity contribution in [2.45, 2.75) is 83.9 Å². The Hall–Kier alpha value is -0.910. The lowest BCUT2D eigenvalue weighted by Gasteiger charge is -2.36. The molecular formula is C20H40F2IN5O2. The number of hydrogen-bond donors (Lipinski definition) is 3. The third-order valence-electron chi connectivity index (χ3n) is 5.26. The second-order valence-corrected chi connectivity index (χ2v) is 8.65. The minimum absolute atomic E-state index is 0. The Labute approximate surface area is 197 Å². The lowest BCUT2D eigenvalue weighted by molar-refractivity contribution is 0.0448. The normalized spacial score (nSPS) is 16.8. The summed E-state index contributed by atoms with van der Waals surface area (Å²) in [6.07, 6.45) is 0.323. The number of alkyl carbamates (subject to hydrolysis) is 1. The zero-order valence-corrected chi connectivity index (χ0v) is 21.5. The highest BCUT2D eigenvalue weighted by atomic mass is 127. The van der Waals surface area contributed by atoms with Crippen molar-refractivity contribution in [3.8, 4) is 0 Å². The molecule has 1 saturated heterocycles. The van der Waals surface area contributed by atoms with Crippen molar-refractivity contribution in [2.24, 2.45) is 4.99 Å². The van der Waals surface area contributed by atoms with E-state index < -0.39 is 23.7 Å². The van der Waals surface area contributed by atoms with Crippen LogP contribution >= 0.6 is 24.0 Å². The van der Waals surface area contributed by atoms with Crippen LogP contribution in [0.4, 0.5) is 13.6 Å². The summed E-state index contributed by atoms with van der Waals surface area (Å²) < 4.78 is 30.4. The standard InChI is InChI=1S/C20H39F2N5O2.HI/c1-7-20(8-2,26-18(28)29-19(3,4)5)14-24-17(23-6)25-15-9-11-27(12-10-15)13-16(21)22;/h15-16H,7-14H2,1-6H3,(H,26,28)(H2,23,24,25);1H. The monoisotopic (exact) mass is 547 g/mol. The summed E-state index contributed by atoms with van der Waals surface area (Å²) in [5.41, 5.74) is -1.01. The number of hydrogen-bond acceptors (Lipinski definition) is 4. The minimum atomic E-state index is -2.29. The summed E-state index contributed by atoms with van der Waals surface area (Å²) in [7, 11) is 1.70. The number of nitrogens with one attached hydrogen (secondary N) is 3. The number of nitrogens with zero attached hydrogens (tertiary/aromatic N) is 2. The lowest BCUT2D eigenvalue weighted by atomic mass is 9.93. The Morgan fingerprint density at radius 3 is 2.20 bits per heavy atom. The predicted octanol–water partition coefficient (Wildman–Crippen LogP) is 3.58. The second kappa shape index (κ2) is 13.5. The fraction of sp³-hybridized carbons (Fsp3) is 0.900. The molecule has 0 spiro atoms. The topological polar surface area (TPSA) is 78.0 Å². The molecule has 0 atom stereocenters. The summed E-state index contributed by atoms with van der Waals surface area (Å²) in [5.74, 6) is 0.648. The van der Waals surface area contributed by atoms with Crippen molar-refractivity contribution in [1.29, 1.82) is 0 Å². The molecule has 0 aromatic rings. The average Bonchev–Trinajstić information content (AvgIpc) is 2.63. The van der Waals surface area contributed by atoms with Gasteiger partial charge < -0.3 is 20.7 Å². The highest BCUT2D eigenvalue weighted by Crippen LogP contribution is 2.17. The van der Waals surface area contributed by atoms with Gasteiger partial charge in [-0.05, 0) is 46.5 Å². The summed E-state index contributed by atoms with van der Waals surface area (Å²) in [6, 6.07) is 0.187. The molecule has 10 heteroatoms. The van der Waals surface area contributed by atoms with Crippen LogP contribution in [0.5, 0.6) is 0 Å². The highest BCUT2D eigenvalue weighted by Gasteiger charge is 2.31. The van der Waals surface area contributed by atoms with Gasteiger partial charge in [0.1, 0.15) is 5.60 Å². The fourth-order valence-corrected chi connectivity index (χ4v) is 3.34. The number of carbonyl (C=O) groups is 1. The number of ether oxygens (including phenoxy) is 1. The molecule has 0 bridgehead atoms. The van der Waals surface area contributed by atoms with Gasteiger partial charge in [-0.2, -0.15) is 0 Å². The number of carbonyl (C=O) groups excluding carboxylic acids is 1. The van der Waals surface area contributed by atoms with Gasteiger partial charge in [-0.25, -0.2) is 13.6 Å². The molecule has 1 rings (SSSR count). The Morgan fingerprint density at radius 2 is 1.77 bits per heavy atom. The van der Waals surface area contributed by atoms with Gasteiger partial charge in [0.05, 0.1) is 12.1 Å². The average molecular weight is 547 g/mol. The number of aliphatic imine (C=N–C) groups is 1. The van der Waals surface area contributed by atoms with E-state index in [1.807, 2.05) is 34.6 Å². The second-order valence-electron chi connectivity index (χ2n) is 8.65. The van der Waals surface area contributed by atoms with E-state index in [1.165, 1.54) is 0 Å². The summed E-state index contributed by atoms with van der Waals surface area (Å²) in [6.45, 7) is 11.2. The van der Waals surface area contributed by atoms with Crippen LogP contribution in [-0.4, -0.2) is 73.8 Å². The molecule has 0 aliphatic carbocycles. The van der Waals surface area contributed by atoms with Crippen molar-refractivity contribution in [3.05, 3.63) is 0 Å². The maximum absolute atomic E-state index is 12.5. The number of halogens is 3. The van der Waals surface area contributed by atoms with Crippen molar-refractivity contribution in [1.82, 2.24) is 20.9 Å². The maximum atomic E-state index is 12.5. The quantitative estimate of drug-likeness (QED) is 0.246. The number of alkyl halides is 2. The highest BCUT2D eigenvalue weighted by molar-refractivity contribution is 14.0. The molecule has 0 unspecified atom stereocenters. The molecule has 0 saturated carbocycles. The largest absolute Gasteiger partial charge is 0.444 e. The van der Waals surface area contributed by atoms with E-state index in [4.69, 9.17) is 4.74 Å². The molecule has 30 heavy (non-hydrogen) atoms. The zero-order chi connectivity index (χ0) is 22.1. The molecule has 0 radical (unpaired) electrons. The number of rotatable bonds is 8. The van der Waals surface area contributed by atoms with Crippen LogP contribution < -0.4 is 16.0 Å². The first-order valence-electron chi connectivity index (χ1n) is 10.5. The van der Waals surface area contributed by atoms with E-state index in [0.717, 1.165) is 25.7 Å². The smallest absolute Gasteiger partial charge is 0.408 e. The van der Waals surface area contributed by atoms with Crippen LogP contribution in [-0.2, 0) is 4.74 Å². The van der Waals surface area contributed by atoms with E-state index in [0.29, 0.717) is 25.6 Å². The van der Waals surface area contributed by atoms with Gasteiger partial charge in [-0.15, -0.1) is 24.0 Å². The van der Waals surface area contributed by atoms with Gasteiger partial charge >= 0.3 is 6.09 Å². The molecule has 178 valence electrons. The number of guanidine groups is 1. The Balaban J connectivity index is 0.00000841. The predicted molar refractivity (Wildman–Crippen MR) is 128 cm³/mol. The molecule has 1 heterocycles. The Kier molecular flexibility index (Phi) is 13.1. The number of amides is 1. The van der Waals surface area contributed by atoms with Gasteiger partial charge in [0.2, 0.25) is 0 Å². The molecule has 1 aliphatic heterocycles. The molecule has 7 nitrogen and oxygen atoms in total. The third-order valence-corrected chi connectivity index (χ3v) is 5.26. The molecular weight excluding hydrogens is 507 g/mol. The molecule has 1 fully saturated rings. The van der Waals surface area contributed by atoms with Crippen molar-refractivity contribution < 1.29 is 18.3 Å². The molecule has 0 aromatic carbocycles. The van der Waals surface area contributed by atoms with Crippen molar-refractivity contribution in [3.63, 3.8) is 0 Å². The van der Waals surface area contributed by atoms with Gasteiger partial charge in [-0.1, -0.05) is 13.8 Å². The van der Waals surface area contributed by atoms with Crippen molar-refractivity contribution in [2.75, 3.05) is 33.2 Å². The van der Waals surface area contributed by atoms with Crippen LogP contribution in [0.15, 0.2) is 4.99 Å². The first-order valence-corrected chi connectivity index (χ1v) is 10.5. The summed E-state index contributed by atoms with van der Waals surface area (Å²) in [4.78, 5) is 18.3. The molecule has 1 aliphatic rings. The van der Waals surface area contributed by atoms with Gasteiger partial charge in [-0.3, -0.25) is 9.89 Å². The summed E-state index contributed by atoms with van der Waals surface area (Å²) >= 11 is 0. The molecule has 3 N–H and O–H groups in total. The first-order chi connectivity index (χ1) is 13.5. The zero-order valence-electron chi connectivity index (χ0n) is 19.2. The summed E-state index contributed by atoms with van der Waals surface area (Å²) in [5, 5.41) is 9.69. The van der Waals surface area contributed by atoms with E-state index >= 15 is 0 Å². The SMILES string of the molecule is CCC(CC)(CNC(=NC)NC1CCN(CC(F)F)CC1)NC(=O)OC(C)(C)C.I. The first kappa shape index (κ1) is 29.1. The van der Waals surface area contributed by atoms with Crippen molar-refractivity contribution >= 4 is 36.0 Å². The minimum Gasteiger partial charge on any atom is -0.444 e. The van der Waals surface area contributed by atoms with Gasteiger partial charge in [0.25, 0.3) is 6.43 Å². The van der Waals surface area contributed by atoms with Gasteiger partial charge in [0, 0.05) is 32.7 Å². The van der Waals surface area contributed by atoms with Crippen LogP contribution in [0.3, 0.4) is 0 Å². The number of likely N-dealkylation sites (tertiary alicyclic amines) is 1. The molecule has 1 amide bonds. The van der Waals surface area contributed by atoms with Crippen LogP contribution in [0.25, 0.3) is 0 Å². The van der Waals surface area contributed by atoms with Crippen LogP contribution in [0, 0.1) is 0 Å². The Morgan fingerprint density at radius 1 is 1.20 bits per heavy atom. The Bertz CT molecular complexity index is 532. The van der Waals surface area contributed by atoms with Crippen LogP contribution in [0.2, 0.25) is 0 Å². The third kappa shape index (κ3) is 10.9. The van der Waals surface area contributed by atoms with E-state index in [2.05, 4.69) is 20.9 Å². The maximum Gasteiger partial charge on any atom is 0.408 e. The van der Waals surface area contributed by atoms with Crippen LogP contribution in [0.1, 0.15) is 60.3 Å². The lowest BCUT2D eigenvalue weighted by Crippen LogP contribution is -2.58. The number of piperidine rings is 1.